The zero-order chi connectivity index (χ0) is 11.4. The average molecular weight is 209 g/mol. The number of amides is 1. The first-order valence-corrected chi connectivity index (χ1v) is 4.93. The van der Waals surface area contributed by atoms with Crippen molar-refractivity contribution in [2.24, 2.45) is 0 Å². The molecular formula is C11H15NO3. The van der Waals surface area contributed by atoms with Gasteiger partial charge in [0.2, 0.25) is 0 Å². The predicted molar refractivity (Wildman–Crippen MR) is 56.1 cm³/mol. The van der Waals surface area contributed by atoms with Crippen LogP contribution >= 0.6 is 0 Å². The molecule has 3 N–H and O–H groups in total. The van der Waals surface area contributed by atoms with Gasteiger partial charge in [-0.15, -0.1) is 0 Å². The number of hydrogen-bond acceptors (Lipinski definition) is 3. The number of carbonyl (C=O) groups is 1. The summed E-state index contributed by atoms with van der Waals surface area (Å²) in [5.41, 5.74) is 3.39. The van der Waals surface area contributed by atoms with Crippen LogP contribution in [0.3, 0.4) is 0 Å². The van der Waals surface area contributed by atoms with Crippen LogP contribution in [0.5, 0.6) is 5.75 Å². The normalized spacial score (nSPS) is 10.1. The Hall–Kier alpha value is -1.55. The highest BCUT2D eigenvalue weighted by Gasteiger charge is 2.15. The second-order valence-electron chi connectivity index (χ2n) is 3.30. The van der Waals surface area contributed by atoms with Gasteiger partial charge in [-0.25, -0.2) is 5.48 Å². The second-order valence-corrected chi connectivity index (χ2v) is 3.30. The SMILES string of the molecule is CCc1cc(O)c(C(=O)NO)c(CC)c1. The Morgan fingerprint density at radius 1 is 1.33 bits per heavy atom. The molecule has 82 valence electrons. The first-order valence-electron chi connectivity index (χ1n) is 4.93. The molecule has 0 radical (unpaired) electrons. The van der Waals surface area contributed by atoms with Gasteiger partial charge in [-0.3, -0.25) is 10.0 Å². The lowest BCUT2D eigenvalue weighted by molar-refractivity contribution is 0.0702. The van der Waals surface area contributed by atoms with E-state index in [9.17, 15) is 9.90 Å². The average Bonchev–Trinajstić information content (AvgIpc) is 2.26. The van der Waals surface area contributed by atoms with Crippen LogP contribution < -0.4 is 5.48 Å². The summed E-state index contributed by atoms with van der Waals surface area (Å²) >= 11 is 0. The van der Waals surface area contributed by atoms with Gasteiger partial charge >= 0.3 is 0 Å². The molecule has 0 fully saturated rings. The fourth-order valence-corrected chi connectivity index (χ4v) is 1.55. The minimum atomic E-state index is -0.674. The predicted octanol–water partition coefficient (Wildman–Crippen LogP) is 1.64. The number of hydrogen-bond donors (Lipinski definition) is 3. The quantitative estimate of drug-likeness (QED) is 0.523. The van der Waals surface area contributed by atoms with Gasteiger partial charge in [0.05, 0.1) is 5.56 Å². The van der Waals surface area contributed by atoms with E-state index in [-0.39, 0.29) is 11.3 Å². The van der Waals surface area contributed by atoms with E-state index in [1.165, 1.54) is 5.48 Å². The third kappa shape index (κ3) is 2.27. The number of benzene rings is 1. The van der Waals surface area contributed by atoms with E-state index in [1.54, 1.807) is 6.07 Å². The van der Waals surface area contributed by atoms with Crippen molar-refractivity contribution < 1.29 is 15.1 Å². The molecule has 0 aliphatic rings. The maximum atomic E-state index is 11.3. The molecule has 4 nitrogen and oxygen atoms in total. The summed E-state index contributed by atoms with van der Waals surface area (Å²) in [6.07, 6.45) is 1.42. The van der Waals surface area contributed by atoms with Gasteiger partial charge < -0.3 is 5.11 Å². The lowest BCUT2D eigenvalue weighted by atomic mass is 9.99. The van der Waals surface area contributed by atoms with E-state index in [2.05, 4.69) is 0 Å². The number of aryl methyl sites for hydroxylation is 2. The molecule has 1 aromatic rings. The smallest absolute Gasteiger partial charge is 0.278 e. The van der Waals surface area contributed by atoms with Crippen molar-refractivity contribution in [2.75, 3.05) is 0 Å². The molecule has 0 aromatic heterocycles. The number of aromatic hydroxyl groups is 1. The van der Waals surface area contributed by atoms with Crippen molar-refractivity contribution in [1.29, 1.82) is 0 Å². The molecule has 1 amide bonds. The summed E-state index contributed by atoms with van der Waals surface area (Å²) in [6, 6.07) is 3.41. The highest BCUT2D eigenvalue weighted by molar-refractivity contribution is 5.97. The Kier molecular flexibility index (Phi) is 3.68. The van der Waals surface area contributed by atoms with Gasteiger partial charge in [0.25, 0.3) is 5.91 Å². The van der Waals surface area contributed by atoms with Crippen molar-refractivity contribution in [3.63, 3.8) is 0 Å². The summed E-state index contributed by atoms with van der Waals surface area (Å²) in [5.74, 6) is -0.759. The minimum Gasteiger partial charge on any atom is -0.507 e. The van der Waals surface area contributed by atoms with E-state index in [4.69, 9.17) is 5.21 Å². The molecular weight excluding hydrogens is 194 g/mol. The Bertz CT molecular complexity index is 374. The number of phenolic OH excluding ortho intramolecular Hbond substituents is 1. The van der Waals surface area contributed by atoms with E-state index >= 15 is 0 Å². The molecule has 0 bridgehead atoms. The van der Waals surface area contributed by atoms with E-state index < -0.39 is 5.91 Å². The first-order chi connectivity index (χ1) is 7.13. The van der Waals surface area contributed by atoms with Gasteiger partial charge in [-0.2, -0.15) is 0 Å². The number of nitrogens with one attached hydrogen (secondary N) is 1. The first kappa shape index (κ1) is 11.5. The fourth-order valence-electron chi connectivity index (χ4n) is 1.55. The van der Waals surface area contributed by atoms with E-state index in [0.29, 0.717) is 6.42 Å². The molecule has 0 saturated heterocycles. The highest BCUT2D eigenvalue weighted by atomic mass is 16.5. The summed E-state index contributed by atoms with van der Waals surface area (Å²) in [6.45, 7) is 3.86. The van der Waals surface area contributed by atoms with Crippen LogP contribution in [-0.4, -0.2) is 16.2 Å². The van der Waals surface area contributed by atoms with Crippen LogP contribution in [0.1, 0.15) is 35.3 Å². The van der Waals surface area contributed by atoms with Crippen molar-refractivity contribution in [1.82, 2.24) is 5.48 Å². The van der Waals surface area contributed by atoms with Crippen LogP contribution in [-0.2, 0) is 12.8 Å². The topological polar surface area (TPSA) is 69.6 Å². The van der Waals surface area contributed by atoms with Crippen molar-refractivity contribution in [2.45, 2.75) is 26.7 Å². The molecule has 0 aliphatic heterocycles. The molecule has 15 heavy (non-hydrogen) atoms. The van der Waals surface area contributed by atoms with Gasteiger partial charge in [0.15, 0.2) is 0 Å². The van der Waals surface area contributed by atoms with Gasteiger partial charge in [-0.05, 0) is 30.0 Å². The molecule has 0 spiro atoms. The monoisotopic (exact) mass is 209 g/mol. The molecule has 0 unspecified atom stereocenters. The van der Waals surface area contributed by atoms with Crippen molar-refractivity contribution in [3.05, 3.63) is 28.8 Å². The Labute approximate surface area is 88.5 Å². The fraction of sp³-hybridized carbons (Fsp3) is 0.364. The zero-order valence-corrected chi connectivity index (χ0v) is 8.87. The second kappa shape index (κ2) is 4.79. The largest absolute Gasteiger partial charge is 0.507 e. The number of rotatable bonds is 3. The summed E-state index contributed by atoms with van der Waals surface area (Å²) < 4.78 is 0. The van der Waals surface area contributed by atoms with Crippen LogP contribution in [0.4, 0.5) is 0 Å². The third-order valence-electron chi connectivity index (χ3n) is 2.38. The highest BCUT2D eigenvalue weighted by Crippen LogP contribution is 2.24. The summed E-state index contributed by atoms with van der Waals surface area (Å²) in [7, 11) is 0. The number of phenols is 1. The molecule has 4 heteroatoms. The van der Waals surface area contributed by atoms with Crippen LogP contribution in [0, 0.1) is 0 Å². The zero-order valence-electron chi connectivity index (χ0n) is 8.87. The molecule has 1 rings (SSSR count). The van der Waals surface area contributed by atoms with E-state index in [0.717, 1.165) is 17.5 Å². The van der Waals surface area contributed by atoms with Gasteiger partial charge in [0.1, 0.15) is 5.75 Å². The lowest BCUT2D eigenvalue weighted by Crippen LogP contribution is -2.20. The van der Waals surface area contributed by atoms with Crippen LogP contribution in [0.2, 0.25) is 0 Å². The number of carbonyl (C=O) groups excluding carboxylic acids is 1. The molecule has 0 atom stereocenters. The summed E-state index contributed by atoms with van der Waals surface area (Å²) in [5, 5.41) is 18.2. The minimum absolute atomic E-state index is 0.0854. The van der Waals surface area contributed by atoms with Crippen LogP contribution in [0.25, 0.3) is 0 Å². The maximum Gasteiger partial charge on any atom is 0.278 e. The molecule has 0 saturated carbocycles. The lowest BCUT2D eigenvalue weighted by Gasteiger charge is -2.10. The standard InChI is InChI=1S/C11H15NO3/c1-3-7-5-8(4-2)10(9(13)6-7)11(14)12-15/h5-6,13,15H,3-4H2,1-2H3,(H,12,14). The van der Waals surface area contributed by atoms with Gasteiger partial charge in [0, 0.05) is 0 Å². The third-order valence-corrected chi connectivity index (χ3v) is 2.38. The van der Waals surface area contributed by atoms with Crippen LogP contribution in [0.15, 0.2) is 12.1 Å². The molecule has 0 heterocycles. The Balaban J connectivity index is 3.30. The van der Waals surface area contributed by atoms with Gasteiger partial charge in [-0.1, -0.05) is 19.9 Å². The molecule has 0 aliphatic carbocycles. The molecule has 1 aromatic carbocycles. The van der Waals surface area contributed by atoms with E-state index in [1.807, 2.05) is 19.9 Å². The van der Waals surface area contributed by atoms with Crippen molar-refractivity contribution >= 4 is 5.91 Å². The van der Waals surface area contributed by atoms with Crippen molar-refractivity contribution in [3.8, 4) is 5.75 Å². The Morgan fingerprint density at radius 2 is 2.00 bits per heavy atom. The summed E-state index contributed by atoms with van der Waals surface area (Å²) in [4.78, 5) is 11.3. The Morgan fingerprint density at radius 3 is 2.47 bits per heavy atom. The number of hydroxylamine groups is 1. The maximum absolute atomic E-state index is 11.3.